The molecule has 2 atom stereocenters. The van der Waals surface area contributed by atoms with Crippen LogP contribution < -0.4 is 5.32 Å². The highest BCUT2D eigenvalue weighted by Crippen LogP contribution is 2.21. The van der Waals surface area contributed by atoms with Crippen molar-refractivity contribution in [1.82, 2.24) is 5.32 Å². The number of rotatable bonds is 81. The molecule has 0 rings (SSSR count). The number of unbranched alkanes of at least 4 members (excludes halogenated alkanes) is 68. The SMILES string of the molecule is CCCCCCCCCCCCCCCCCCCCCCCCC/C=C/C(O)C(CO)NC(=O)CCCCCCCCCCCCCCCCCCC/C=C\CCCCCCCCCCCCCCCCOC(=O)CCCCCCCCCCCCCCCCC. The minimum atomic E-state index is -0.844. The molecule has 0 aromatic heterocycles. The van der Waals surface area contributed by atoms with E-state index >= 15 is 0 Å². The summed E-state index contributed by atoms with van der Waals surface area (Å²) in [5.74, 6) is -0.0344. The van der Waals surface area contributed by atoms with E-state index in [4.69, 9.17) is 4.74 Å². The molecule has 0 fully saturated rings. The third-order valence-corrected chi connectivity index (χ3v) is 20.2. The zero-order chi connectivity index (χ0) is 66.3. The normalized spacial score (nSPS) is 12.5. The molecule has 0 heterocycles. The molecular weight excluding hydrogens is 1130 g/mol. The Morgan fingerprint density at radius 2 is 0.511 bits per heavy atom. The number of aliphatic hydroxyl groups is 2. The number of hydrogen-bond acceptors (Lipinski definition) is 5. The maximum absolute atomic E-state index is 12.6. The van der Waals surface area contributed by atoms with Crippen molar-refractivity contribution in [3.63, 3.8) is 0 Å². The number of carbonyl (C=O) groups is 2. The van der Waals surface area contributed by atoms with Crippen molar-refractivity contribution in [2.24, 2.45) is 0 Å². The Morgan fingerprint density at radius 1 is 0.293 bits per heavy atom. The first-order valence-electron chi connectivity index (χ1n) is 42.6. The Balaban J connectivity index is 3.36. The van der Waals surface area contributed by atoms with Gasteiger partial charge in [0.2, 0.25) is 5.91 Å². The van der Waals surface area contributed by atoms with Crippen molar-refractivity contribution in [2.45, 2.75) is 501 Å². The maximum atomic E-state index is 12.6. The molecule has 0 aliphatic rings. The molecule has 0 spiro atoms. The third-order valence-electron chi connectivity index (χ3n) is 20.2. The zero-order valence-electron chi connectivity index (χ0n) is 62.8. The topological polar surface area (TPSA) is 95.9 Å². The minimum Gasteiger partial charge on any atom is -0.466 e. The van der Waals surface area contributed by atoms with Gasteiger partial charge in [-0.2, -0.15) is 0 Å². The van der Waals surface area contributed by atoms with E-state index in [9.17, 15) is 19.8 Å². The van der Waals surface area contributed by atoms with Gasteiger partial charge in [0.1, 0.15) is 0 Å². The molecular formula is C86H167NO5. The number of allylic oxidation sites excluding steroid dienone is 3. The first kappa shape index (κ1) is 90.3. The smallest absolute Gasteiger partial charge is 0.305 e. The van der Waals surface area contributed by atoms with E-state index in [-0.39, 0.29) is 18.5 Å². The monoisotopic (exact) mass is 1290 g/mol. The molecule has 92 heavy (non-hydrogen) atoms. The van der Waals surface area contributed by atoms with E-state index in [1.165, 1.54) is 424 Å². The van der Waals surface area contributed by atoms with E-state index in [1.807, 2.05) is 6.08 Å². The lowest BCUT2D eigenvalue weighted by Crippen LogP contribution is -2.45. The van der Waals surface area contributed by atoms with Gasteiger partial charge in [-0.1, -0.05) is 443 Å². The first-order chi connectivity index (χ1) is 45.5. The molecule has 0 saturated heterocycles. The van der Waals surface area contributed by atoms with Crippen molar-refractivity contribution < 1.29 is 24.5 Å². The number of ether oxygens (including phenoxy) is 1. The van der Waals surface area contributed by atoms with Gasteiger partial charge >= 0.3 is 5.97 Å². The summed E-state index contributed by atoms with van der Waals surface area (Å²) in [6.07, 6.45) is 106. The molecule has 6 heteroatoms. The van der Waals surface area contributed by atoms with E-state index < -0.39 is 12.1 Å². The van der Waals surface area contributed by atoms with Crippen LogP contribution in [0.5, 0.6) is 0 Å². The van der Waals surface area contributed by atoms with Crippen LogP contribution in [-0.4, -0.2) is 47.4 Å². The summed E-state index contributed by atoms with van der Waals surface area (Å²) >= 11 is 0. The summed E-state index contributed by atoms with van der Waals surface area (Å²) < 4.78 is 5.51. The van der Waals surface area contributed by atoms with Crippen molar-refractivity contribution >= 4 is 11.9 Å². The van der Waals surface area contributed by atoms with Crippen molar-refractivity contribution in [1.29, 1.82) is 0 Å². The molecule has 0 radical (unpaired) electrons. The fourth-order valence-electron chi connectivity index (χ4n) is 13.8. The van der Waals surface area contributed by atoms with Gasteiger partial charge in [-0.25, -0.2) is 0 Å². The quantitative estimate of drug-likeness (QED) is 0.0320. The Morgan fingerprint density at radius 3 is 0.772 bits per heavy atom. The molecule has 0 saturated carbocycles. The van der Waals surface area contributed by atoms with Gasteiger partial charge in [0.15, 0.2) is 0 Å². The average molecular weight is 1300 g/mol. The Kier molecular flexibility index (Phi) is 80.3. The average Bonchev–Trinajstić information content (AvgIpc) is 3.59. The minimum absolute atomic E-state index is 0.0241. The van der Waals surface area contributed by atoms with Crippen LogP contribution in [0.3, 0.4) is 0 Å². The largest absolute Gasteiger partial charge is 0.466 e. The Labute approximate surface area is 577 Å². The summed E-state index contributed by atoms with van der Waals surface area (Å²) in [5, 5.41) is 23.3. The van der Waals surface area contributed by atoms with Gasteiger partial charge in [-0.3, -0.25) is 9.59 Å². The summed E-state index contributed by atoms with van der Waals surface area (Å²) in [6, 6.07) is -0.627. The van der Waals surface area contributed by atoms with Crippen LogP contribution in [0.15, 0.2) is 24.3 Å². The van der Waals surface area contributed by atoms with E-state index in [1.54, 1.807) is 6.08 Å². The van der Waals surface area contributed by atoms with Gasteiger partial charge in [0.05, 0.1) is 25.4 Å². The zero-order valence-corrected chi connectivity index (χ0v) is 62.8. The van der Waals surface area contributed by atoms with Gasteiger partial charge in [0.25, 0.3) is 0 Å². The first-order valence-corrected chi connectivity index (χ1v) is 42.6. The summed E-state index contributed by atoms with van der Waals surface area (Å²) in [6.45, 7) is 4.97. The molecule has 6 nitrogen and oxygen atoms in total. The van der Waals surface area contributed by atoms with Gasteiger partial charge in [-0.05, 0) is 57.8 Å². The summed E-state index contributed by atoms with van der Waals surface area (Å²) in [4.78, 5) is 24.7. The highest BCUT2D eigenvalue weighted by molar-refractivity contribution is 5.76. The number of aliphatic hydroxyl groups excluding tert-OH is 2. The second-order valence-corrected chi connectivity index (χ2v) is 29.5. The predicted molar refractivity (Wildman–Crippen MR) is 407 cm³/mol. The second kappa shape index (κ2) is 81.8. The van der Waals surface area contributed by atoms with Crippen LogP contribution in [0.1, 0.15) is 489 Å². The van der Waals surface area contributed by atoms with E-state index in [2.05, 4.69) is 31.3 Å². The predicted octanol–water partition coefficient (Wildman–Crippen LogP) is 28.4. The van der Waals surface area contributed by atoms with Crippen LogP contribution in [0, 0.1) is 0 Å². The molecule has 3 N–H and O–H groups in total. The van der Waals surface area contributed by atoms with Crippen LogP contribution >= 0.6 is 0 Å². The fraction of sp³-hybridized carbons (Fsp3) is 0.930. The van der Waals surface area contributed by atoms with Crippen LogP contribution in [-0.2, 0) is 14.3 Å². The molecule has 0 aromatic rings. The van der Waals surface area contributed by atoms with Crippen LogP contribution in [0.25, 0.3) is 0 Å². The number of carbonyl (C=O) groups excluding carboxylic acids is 2. The second-order valence-electron chi connectivity index (χ2n) is 29.5. The number of amides is 1. The molecule has 0 aliphatic carbocycles. The molecule has 0 aliphatic heterocycles. The molecule has 0 bridgehead atoms. The lowest BCUT2D eigenvalue weighted by molar-refractivity contribution is -0.143. The standard InChI is InChI=1S/C86H167NO5/c1-3-5-7-9-11-13-15-17-19-20-21-22-23-35-38-41-44-47-51-54-58-62-66-70-74-78-84(89)83(82-88)87-85(90)79-75-71-67-63-59-55-52-48-45-42-39-36-33-31-29-27-25-24-26-28-30-32-34-37-40-43-46-49-53-57-61-65-69-73-77-81-92-86(91)80-76-72-68-64-60-56-50-18-16-14-12-10-8-6-4-2/h26,28,74,78,83-84,88-89H,3-25,27,29-73,75-77,79-82H2,1-2H3,(H,87,90)/b28-26-,78-74+. The van der Waals surface area contributed by atoms with Crippen molar-refractivity contribution in [3.05, 3.63) is 24.3 Å². The third kappa shape index (κ3) is 77.3. The number of hydrogen-bond donors (Lipinski definition) is 3. The summed E-state index contributed by atoms with van der Waals surface area (Å²) in [5.41, 5.74) is 0. The molecule has 1 amide bonds. The summed E-state index contributed by atoms with van der Waals surface area (Å²) in [7, 11) is 0. The molecule has 2 unspecified atom stereocenters. The van der Waals surface area contributed by atoms with Crippen molar-refractivity contribution in [2.75, 3.05) is 13.2 Å². The highest BCUT2D eigenvalue weighted by Gasteiger charge is 2.18. The van der Waals surface area contributed by atoms with E-state index in [0.717, 1.165) is 38.5 Å². The maximum Gasteiger partial charge on any atom is 0.305 e. The van der Waals surface area contributed by atoms with Crippen molar-refractivity contribution in [3.8, 4) is 0 Å². The number of esters is 1. The van der Waals surface area contributed by atoms with Crippen LogP contribution in [0.2, 0.25) is 0 Å². The lowest BCUT2D eigenvalue weighted by Gasteiger charge is -2.20. The fourth-order valence-corrected chi connectivity index (χ4v) is 13.8. The van der Waals surface area contributed by atoms with Gasteiger partial charge < -0.3 is 20.3 Å². The number of nitrogens with one attached hydrogen (secondary N) is 1. The van der Waals surface area contributed by atoms with Gasteiger partial charge in [-0.15, -0.1) is 0 Å². The Bertz CT molecular complexity index is 1450. The Hall–Kier alpha value is -1.66. The van der Waals surface area contributed by atoms with Crippen LogP contribution in [0.4, 0.5) is 0 Å². The van der Waals surface area contributed by atoms with Gasteiger partial charge in [0, 0.05) is 12.8 Å². The highest BCUT2D eigenvalue weighted by atomic mass is 16.5. The lowest BCUT2D eigenvalue weighted by atomic mass is 10.0. The molecule has 0 aromatic carbocycles. The molecule has 546 valence electrons. The van der Waals surface area contributed by atoms with E-state index in [0.29, 0.717) is 19.4 Å².